The van der Waals surface area contributed by atoms with Gasteiger partial charge in [-0.2, -0.15) is 0 Å². The average Bonchev–Trinajstić information content (AvgIpc) is 3.43. The fourth-order valence-corrected chi connectivity index (χ4v) is 7.47. The second-order valence-electron chi connectivity index (χ2n) is 9.49. The minimum absolute atomic E-state index is 0.138. The van der Waals surface area contributed by atoms with Crippen LogP contribution in [0.1, 0.15) is 49.3 Å². The van der Waals surface area contributed by atoms with E-state index < -0.39 is 0 Å². The van der Waals surface area contributed by atoms with E-state index in [2.05, 4.69) is 25.2 Å². The van der Waals surface area contributed by atoms with Crippen LogP contribution in [-0.2, 0) is 16.6 Å². The zero-order chi connectivity index (χ0) is 18.5. The highest BCUT2D eigenvalue weighted by Crippen LogP contribution is 2.66. The van der Waals surface area contributed by atoms with Gasteiger partial charge in [-0.1, -0.05) is 13.3 Å². The Labute approximate surface area is 161 Å². The topological polar surface area (TPSA) is 47.6 Å². The number of methoxy groups -OCH3 is 1. The average molecular weight is 367 g/mol. The van der Waals surface area contributed by atoms with Gasteiger partial charge in [-0.15, -0.1) is 0 Å². The van der Waals surface area contributed by atoms with Gasteiger partial charge in [0.25, 0.3) is 0 Å². The minimum Gasteiger partial charge on any atom is -0.493 e. The molecule has 2 aliphatic heterocycles. The molecular weight excluding hydrogens is 338 g/mol. The highest BCUT2D eigenvalue weighted by Gasteiger charge is 2.70. The number of nitrogens with one attached hydrogen (secondary N) is 1. The molecule has 144 valence electrons. The van der Waals surface area contributed by atoms with E-state index in [0.29, 0.717) is 29.6 Å². The summed E-state index contributed by atoms with van der Waals surface area (Å²) < 4.78 is 12.3. The Morgan fingerprint density at radius 1 is 1.37 bits per heavy atom. The van der Waals surface area contributed by atoms with E-state index in [4.69, 9.17) is 9.47 Å². The third-order valence-corrected chi connectivity index (χ3v) is 8.47. The maximum Gasteiger partial charge on any atom is 0.177 e. The highest BCUT2D eigenvalue weighted by atomic mass is 16.5. The lowest BCUT2D eigenvalue weighted by molar-refractivity contribution is -0.149. The molecule has 4 nitrogen and oxygen atoms in total. The molecule has 1 unspecified atom stereocenters. The molecule has 0 aromatic heterocycles. The van der Waals surface area contributed by atoms with Crippen LogP contribution in [0.3, 0.4) is 0 Å². The SMILES string of the molecule is CC[C@H]1C(C2CC2)C(=O)[C@@H]2Oc3c(OC)cc(C)c4c3[C@@]23CCN[C@H](C4)[C@H]13. The van der Waals surface area contributed by atoms with Gasteiger partial charge in [0.1, 0.15) is 0 Å². The molecule has 0 radical (unpaired) electrons. The zero-order valence-corrected chi connectivity index (χ0v) is 16.5. The fourth-order valence-electron chi connectivity index (χ4n) is 7.47. The summed E-state index contributed by atoms with van der Waals surface area (Å²) in [4.78, 5) is 13.8. The van der Waals surface area contributed by atoms with Crippen molar-refractivity contribution in [3.05, 3.63) is 22.8 Å². The second-order valence-corrected chi connectivity index (χ2v) is 9.49. The van der Waals surface area contributed by atoms with Gasteiger partial charge >= 0.3 is 0 Å². The standard InChI is InChI=1S/C23H29NO3/c1-4-13-17(12-5-6-12)20(25)22-23-7-8-24-15(18(13)23)10-14-11(2)9-16(26-3)21(27-22)19(14)23/h9,12-13,15,17-18,22,24H,4-8,10H2,1-3H3/t13-,15+,17?,18-,22-,23-/m0/s1. The molecule has 1 spiro atoms. The lowest BCUT2D eigenvalue weighted by Gasteiger charge is -2.59. The van der Waals surface area contributed by atoms with Gasteiger partial charge in [0.2, 0.25) is 0 Å². The molecule has 1 saturated heterocycles. The molecule has 1 aromatic carbocycles. The Kier molecular flexibility index (Phi) is 3.21. The Morgan fingerprint density at radius 2 is 2.19 bits per heavy atom. The molecule has 2 heterocycles. The van der Waals surface area contributed by atoms with E-state index in [9.17, 15) is 4.79 Å². The molecular formula is C23H29NO3. The zero-order valence-electron chi connectivity index (χ0n) is 16.5. The van der Waals surface area contributed by atoms with E-state index in [1.54, 1.807) is 7.11 Å². The van der Waals surface area contributed by atoms with Crippen LogP contribution >= 0.6 is 0 Å². The van der Waals surface area contributed by atoms with Crippen molar-refractivity contribution in [1.82, 2.24) is 5.32 Å². The van der Waals surface area contributed by atoms with Crippen LogP contribution in [-0.4, -0.2) is 31.6 Å². The third-order valence-electron chi connectivity index (χ3n) is 8.47. The minimum atomic E-state index is -0.301. The van der Waals surface area contributed by atoms with Crippen LogP contribution in [0.25, 0.3) is 0 Å². The monoisotopic (exact) mass is 367 g/mol. The first-order valence-corrected chi connectivity index (χ1v) is 10.8. The van der Waals surface area contributed by atoms with Gasteiger partial charge in [-0.25, -0.2) is 0 Å². The first-order chi connectivity index (χ1) is 13.1. The van der Waals surface area contributed by atoms with E-state index in [0.717, 1.165) is 37.3 Å². The molecule has 5 aliphatic rings. The summed E-state index contributed by atoms with van der Waals surface area (Å²) in [5.74, 6) is 3.87. The molecule has 2 bridgehead atoms. The van der Waals surface area contributed by atoms with E-state index in [-0.39, 0.29) is 17.4 Å². The van der Waals surface area contributed by atoms with Crippen LogP contribution in [0, 0.1) is 30.6 Å². The van der Waals surface area contributed by atoms with Crippen LogP contribution in [0.4, 0.5) is 0 Å². The molecule has 4 heteroatoms. The Morgan fingerprint density at radius 3 is 2.89 bits per heavy atom. The Bertz CT molecular complexity index is 845. The first-order valence-electron chi connectivity index (χ1n) is 10.8. The highest BCUT2D eigenvalue weighted by molar-refractivity contribution is 5.92. The molecule has 2 saturated carbocycles. The number of aryl methyl sites for hydroxylation is 1. The predicted molar refractivity (Wildman–Crippen MR) is 102 cm³/mol. The summed E-state index contributed by atoms with van der Waals surface area (Å²) in [6.45, 7) is 5.46. The van der Waals surface area contributed by atoms with Crippen molar-refractivity contribution < 1.29 is 14.3 Å². The maximum absolute atomic E-state index is 13.8. The quantitative estimate of drug-likeness (QED) is 0.891. The molecule has 1 aromatic rings. The fraction of sp³-hybridized carbons (Fsp3) is 0.696. The normalized spacial score (nSPS) is 41.1. The molecule has 6 atom stereocenters. The molecule has 3 aliphatic carbocycles. The summed E-state index contributed by atoms with van der Waals surface area (Å²) in [5.41, 5.74) is 3.90. The van der Waals surface area contributed by atoms with Crippen LogP contribution < -0.4 is 14.8 Å². The number of ether oxygens (including phenoxy) is 2. The van der Waals surface area contributed by atoms with E-state index in [1.165, 1.54) is 29.5 Å². The molecule has 1 N–H and O–H groups in total. The number of hydrogen-bond donors (Lipinski definition) is 1. The number of hydrogen-bond acceptors (Lipinski definition) is 4. The Balaban J connectivity index is 1.63. The molecule has 27 heavy (non-hydrogen) atoms. The number of rotatable bonds is 3. The summed E-state index contributed by atoms with van der Waals surface area (Å²) in [7, 11) is 1.72. The third kappa shape index (κ3) is 1.81. The summed E-state index contributed by atoms with van der Waals surface area (Å²) in [5, 5.41) is 3.85. The second kappa shape index (κ2) is 5.28. The van der Waals surface area contributed by atoms with Crippen LogP contribution in [0.15, 0.2) is 6.07 Å². The summed E-state index contributed by atoms with van der Waals surface area (Å²) >= 11 is 0. The molecule has 6 rings (SSSR count). The largest absolute Gasteiger partial charge is 0.493 e. The molecule has 3 fully saturated rings. The van der Waals surface area contributed by atoms with Gasteiger partial charge < -0.3 is 14.8 Å². The number of carbonyl (C=O) groups is 1. The summed E-state index contributed by atoms with van der Waals surface area (Å²) in [6.07, 6.45) is 5.30. The van der Waals surface area contributed by atoms with Gasteiger partial charge in [0.15, 0.2) is 23.4 Å². The number of Topliss-reactive ketones (excluding diaryl/α,β-unsaturated/α-hetero) is 1. The van der Waals surface area contributed by atoms with Gasteiger partial charge in [-0.05, 0) is 74.1 Å². The van der Waals surface area contributed by atoms with Crippen molar-refractivity contribution in [3.8, 4) is 11.5 Å². The Hall–Kier alpha value is -1.55. The van der Waals surface area contributed by atoms with Gasteiger partial charge in [-0.3, -0.25) is 4.79 Å². The maximum atomic E-state index is 13.8. The predicted octanol–water partition coefficient (Wildman–Crippen LogP) is 3.17. The van der Waals surface area contributed by atoms with Crippen molar-refractivity contribution in [3.63, 3.8) is 0 Å². The lowest BCUT2D eigenvalue weighted by atomic mass is 9.46. The number of carbonyl (C=O) groups excluding carboxylic acids is 1. The van der Waals surface area contributed by atoms with Crippen molar-refractivity contribution in [1.29, 1.82) is 0 Å². The van der Waals surface area contributed by atoms with Gasteiger partial charge in [0, 0.05) is 22.9 Å². The van der Waals surface area contributed by atoms with E-state index in [1.807, 2.05) is 0 Å². The molecule has 0 amide bonds. The summed E-state index contributed by atoms with van der Waals surface area (Å²) in [6, 6.07) is 2.58. The number of ketones is 1. The number of benzene rings is 1. The van der Waals surface area contributed by atoms with Crippen molar-refractivity contribution in [2.75, 3.05) is 13.7 Å². The van der Waals surface area contributed by atoms with Crippen LogP contribution in [0.2, 0.25) is 0 Å². The van der Waals surface area contributed by atoms with Crippen molar-refractivity contribution in [2.45, 2.75) is 63.5 Å². The lowest BCUT2D eigenvalue weighted by Crippen LogP contribution is -2.70. The van der Waals surface area contributed by atoms with Crippen LogP contribution in [0.5, 0.6) is 11.5 Å². The van der Waals surface area contributed by atoms with Crippen molar-refractivity contribution in [2.24, 2.45) is 23.7 Å². The van der Waals surface area contributed by atoms with E-state index >= 15 is 0 Å². The first kappa shape index (κ1) is 16.4. The number of piperidine rings is 1. The van der Waals surface area contributed by atoms with Crippen molar-refractivity contribution >= 4 is 5.78 Å². The van der Waals surface area contributed by atoms with Gasteiger partial charge in [0.05, 0.1) is 7.11 Å². The smallest absolute Gasteiger partial charge is 0.177 e.